The van der Waals surface area contributed by atoms with Gasteiger partial charge in [-0.05, 0) is 47.7 Å². The van der Waals surface area contributed by atoms with Crippen LogP contribution in [0.5, 0.6) is 0 Å². The summed E-state index contributed by atoms with van der Waals surface area (Å²) in [5.41, 5.74) is 3.26. The van der Waals surface area contributed by atoms with E-state index in [0.29, 0.717) is 11.5 Å². The number of carboxylic acids is 1. The van der Waals surface area contributed by atoms with E-state index in [2.05, 4.69) is 22.9 Å². The van der Waals surface area contributed by atoms with Crippen LogP contribution in [0.1, 0.15) is 57.1 Å². The van der Waals surface area contributed by atoms with Crippen molar-refractivity contribution in [3.05, 3.63) is 63.1 Å². The lowest BCUT2D eigenvalue weighted by Crippen LogP contribution is -2.33. The van der Waals surface area contributed by atoms with Crippen molar-refractivity contribution in [3.63, 3.8) is 0 Å². The minimum atomic E-state index is -1.06. The molecule has 1 N–H and O–H groups in total. The maximum Gasteiger partial charge on any atom is 0.336 e. The first-order valence-electron chi connectivity index (χ1n) is 7.48. The molecule has 2 aromatic rings. The van der Waals surface area contributed by atoms with Crippen molar-refractivity contribution < 1.29 is 14.7 Å². The zero-order valence-electron chi connectivity index (χ0n) is 12.4. The molecule has 2 atom stereocenters. The summed E-state index contributed by atoms with van der Waals surface area (Å²) >= 11 is 3.48. The van der Waals surface area contributed by atoms with Gasteiger partial charge in [0.05, 0.1) is 17.2 Å². The van der Waals surface area contributed by atoms with E-state index in [9.17, 15) is 14.7 Å². The van der Waals surface area contributed by atoms with Crippen molar-refractivity contribution in [1.29, 1.82) is 0 Å². The van der Waals surface area contributed by atoms with Crippen LogP contribution in [0.2, 0.25) is 0 Å². The molecule has 0 aromatic heterocycles. The van der Waals surface area contributed by atoms with E-state index in [1.807, 2.05) is 24.3 Å². The van der Waals surface area contributed by atoms with Gasteiger partial charge < -0.3 is 10.0 Å². The molecule has 116 valence electrons. The summed E-state index contributed by atoms with van der Waals surface area (Å²) in [7, 11) is 0. The number of anilines is 1. The summed E-state index contributed by atoms with van der Waals surface area (Å²) in [4.78, 5) is 26.2. The van der Waals surface area contributed by atoms with E-state index in [1.54, 1.807) is 11.0 Å². The molecule has 4 nitrogen and oxygen atoms in total. The summed E-state index contributed by atoms with van der Waals surface area (Å²) in [6, 6.07) is 10.9. The van der Waals surface area contributed by atoms with Crippen LogP contribution in [-0.4, -0.2) is 17.0 Å². The largest absolute Gasteiger partial charge is 0.478 e. The summed E-state index contributed by atoms with van der Waals surface area (Å²) in [6.45, 7) is 2.14. The second kappa shape index (κ2) is 4.93. The van der Waals surface area contributed by atoms with Gasteiger partial charge >= 0.3 is 5.97 Å². The lowest BCUT2D eigenvalue weighted by atomic mass is 9.85. The number of hydrogen-bond acceptors (Lipinski definition) is 2. The van der Waals surface area contributed by atoms with Gasteiger partial charge in [-0.2, -0.15) is 0 Å². The fourth-order valence-corrected chi connectivity index (χ4v) is 4.16. The zero-order chi connectivity index (χ0) is 16.3. The Morgan fingerprint density at radius 2 is 2.04 bits per heavy atom. The highest BCUT2D eigenvalue weighted by molar-refractivity contribution is 9.10. The number of carbonyl (C=O) groups is 2. The van der Waals surface area contributed by atoms with Crippen LogP contribution < -0.4 is 4.90 Å². The summed E-state index contributed by atoms with van der Waals surface area (Å²) in [5.74, 6) is -0.964. The number of nitrogens with zero attached hydrogens (tertiary/aromatic N) is 1. The standard InChI is InChI=1S/C18H14BrNO3/c1-9-7-15-11-3-2-4-12(18(22)23)16(11)17(21)20(15)14-6-5-10(19)8-13(9)14/h2-6,8-9,15H,7H2,1H3,(H,22,23)/t9-,15-/m1/s1. The quantitative estimate of drug-likeness (QED) is 0.810. The normalized spacial score (nSPS) is 21.7. The van der Waals surface area contributed by atoms with Crippen LogP contribution in [0.3, 0.4) is 0 Å². The van der Waals surface area contributed by atoms with E-state index in [1.165, 1.54) is 6.07 Å². The Morgan fingerprint density at radius 1 is 1.26 bits per heavy atom. The Balaban J connectivity index is 1.94. The van der Waals surface area contributed by atoms with Gasteiger partial charge in [0.25, 0.3) is 5.91 Å². The number of halogens is 1. The molecular formula is C18H14BrNO3. The molecule has 0 unspecified atom stereocenters. The van der Waals surface area contributed by atoms with Crippen molar-refractivity contribution in [2.75, 3.05) is 4.90 Å². The van der Waals surface area contributed by atoms with Gasteiger partial charge in [0.15, 0.2) is 0 Å². The van der Waals surface area contributed by atoms with Gasteiger partial charge in [0, 0.05) is 10.2 Å². The van der Waals surface area contributed by atoms with Crippen LogP contribution >= 0.6 is 15.9 Å². The molecule has 0 spiro atoms. The predicted octanol–water partition coefficient (Wildman–Crippen LogP) is 4.36. The maximum absolute atomic E-state index is 13.0. The highest BCUT2D eigenvalue weighted by atomic mass is 79.9. The first-order chi connectivity index (χ1) is 11.0. The lowest BCUT2D eigenvalue weighted by molar-refractivity contribution is 0.0692. The monoisotopic (exact) mass is 371 g/mol. The predicted molar refractivity (Wildman–Crippen MR) is 90.1 cm³/mol. The van der Waals surface area contributed by atoms with Crippen molar-refractivity contribution in [3.8, 4) is 0 Å². The number of fused-ring (bicyclic) bond motifs is 5. The molecule has 0 radical (unpaired) electrons. The Kier molecular flexibility index (Phi) is 3.10. The van der Waals surface area contributed by atoms with Crippen LogP contribution in [0, 0.1) is 0 Å². The van der Waals surface area contributed by atoms with E-state index >= 15 is 0 Å². The summed E-state index contributed by atoms with van der Waals surface area (Å²) in [5, 5.41) is 9.41. The molecular weight excluding hydrogens is 358 g/mol. The molecule has 0 fully saturated rings. The Morgan fingerprint density at radius 3 is 2.78 bits per heavy atom. The van der Waals surface area contributed by atoms with Crippen LogP contribution in [0.4, 0.5) is 5.69 Å². The highest BCUT2D eigenvalue weighted by Crippen LogP contribution is 2.50. The van der Waals surface area contributed by atoms with Crippen LogP contribution in [0.15, 0.2) is 40.9 Å². The fraction of sp³-hybridized carbons (Fsp3) is 0.222. The van der Waals surface area contributed by atoms with E-state index in [0.717, 1.165) is 27.7 Å². The molecule has 0 aliphatic carbocycles. The van der Waals surface area contributed by atoms with Crippen molar-refractivity contribution in [2.24, 2.45) is 0 Å². The number of aromatic carboxylic acids is 1. The summed E-state index contributed by atoms with van der Waals surface area (Å²) < 4.78 is 0.983. The smallest absolute Gasteiger partial charge is 0.336 e. The fourth-order valence-electron chi connectivity index (χ4n) is 3.78. The molecule has 2 aliphatic rings. The first-order valence-corrected chi connectivity index (χ1v) is 8.27. The molecule has 4 rings (SSSR count). The van der Waals surface area contributed by atoms with E-state index in [-0.39, 0.29) is 17.5 Å². The van der Waals surface area contributed by atoms with Gasteiger partial charge in [-0.1, -0.05) is 35.0 Å². The average molecular weight is 372 g/mol. The number of carboxylic acid groups (broad SMARTS) is 1. The van der Waals surface area contributed by atoms with Gasteiger partial charge in [-0.15, -0.1) is 0 Å². The summed E-state index contributed by atoms with van der Waals surface area (Å²) in [6.07, 6.45) is 0.797. The third-order valence-corrected chi connectivity index (χ3v) is 5.28. The van der Waals surface area contributed by atoms with Crippen LogP contribution in [-0.2, 0) is 0 Å². The topological polar surface area (TPSA) is 57.6 Å². The molecule has 0 saturated heterocycles. The molecule has 2 heterocycles. The Bertz CT molecular complexity index is 861. The van der Waals surface area contributed by atoms with Gasteiger partial charge in [-0.3, -0.25) is 4.79 Å². The van der Waals surface area contributed by atoms with Crippen LogP contribution in [0.25, 0.3) is 0 Å². The van der Waals surface area contributed by atoms with E-state index in [4.69, 9.17) is 0 Å². The molecule has 2 aromatic carbocycles. The van der Waals surface area contributed by atoms with Gasteiger partial charge in [-0.25, -0.2) is 4.79 Å². The number of rotatable bonds is 1. The van der Waals surface area contributed by atoms with Crippen molar-refractivity contribution >= 4 is 33.5 Å². The molecule has 0 bridgehead atoms. The first kappa shape index (κ1) is 14.5. The minimum absolute atomic E-state index is 0.0829. The van der Waals surface area contributed by atoms with Crippen molar-refractivity contribution in [2.45, 2.75) is 25.3 Å². The average Bonchev–Trinajstić information content (AvgIpc) is 2.81. The minimum Gasteiger partial charge on any atom is -0.478 e. The highest BCUT2D eigenvalue weighted by Gasteiger charge is 2.44. The molecule has 1 amide bonds. The van der Waals surface area contributed by atoms with Gasteiger partial charge in [0.1, 0.15) is 0 Å². The maximum atomic E-state index is 13.0. The Hall–Kier alpha value is -2.14. The third-order valence-electron chi connectivity index (χ3n) is 4.79. The third kappa shape index (κ3) is 1.96. The Labute approximate surface area is 141 Å². The van der Waals surface area contributed by atoms with Crippen molar-refractivity contribution in [1.82, 2.24) is 0 Å². The number of hydrogen-bond donors (Lipinski definition) is 1. The van der Waals surface area contributed by atoms with Gasteiger partial charge in [0.2, 0.25) is 0 Å². The number of benzene rings is 2. The molecule has 2 aliphatic heterocycles. The molecule has 0 saturated carbocycles. The second-order valence-electron chi connectivity index (χ2n) is 6.11. The second-order valence-corrected chi connectivity index (χ2v) is 7.02. The molecule has 23 heavy (non-hydrogen) atoms. The lowest BCUT2D eigenvalue weighted by Gasteiger charge is -2.36. The number of amides is 1. The van der Waals surface area contributed by atoms with E-state index < -0.39 is 5.97 Å². The number of carbonyl (C=O) groups excluding carboxylic acids is 1. The molecule has 5 heteroatoms. The zero-order valence-corrected chi connectivity index (χ0v) is 14.0. The SMILES string of the molecule is C[C@@H]1C[C@@H]2c3cccc(C(=O)O)c3C(=O)N2c2ccc(Br)cc21.